The monoisotopic (exact) mass is 602 g/mol. The Bertz CT molecular complexity index is 3770. The zero-order chi connectivity index (χ0) is 50.5. The number of aromatic nitrogens is 3. The van der Waals surface area contributed by atoms with Gasteiger partial charge in [0, 0.05) is 11.4 Å². The average molecular weight is 603 g/mol. The highest BCUT2D eigenvalue weighted by molar-refractivity contribution is 6.80. The molecule has 0 radical (unpaired) electrons. The molecular weight excluding hydrogens is 551 g/mol. The molecule has 0 unspecified atom stereocenters. The van der Waals surface area contributed by atoms with Gasteiger partial charge < -0.3 is 14.4 Å². The highest BCUT2D eigenvalue weighted by Gasteiger charge is 2.53. The van der Waals surface area contributed by atoms with Gasteiger partial charge in [-0.25, -0.2) is 4.98 Å². The Labute approximate surface area is 294 Å². The molecule has 0 spiro atoms. The summed E-state index contributed by atoms with van der Waals surface area (Å²) in [6.45, 7) is 1.36. The summed E-state index contributed by atoms with van der Waals surface area (Å²) in [4.78, 5) is 7.19. The summed E-state index contributed by atoms with van der Waals surface area (Å²) >= 11 is 0. The maximum absolute atomic E-state index is 10.1. The highest BCUT2D eigenvalue weighted by Crippen LogP contribution is 2.55. The third-order valence-corrected chi connectivity index (χ3v) is 7.57. The molecule has 212 valence electrons. The van der Waals surface area contributed by atoms with Crippen LogP contribution in [0.4, 0.5) is 34.1 Å². The Morgan fingerprint density at radius 1 is 0.511 bits per heavy atom. The number of fused-ring (bicyclic) bond motifs is 10. The number of anilines is 6. The van der Waals surface area contributed by atoms with E-state index in [0.29, 0.717) is 0 Å². The van der Waals surface area contributed by atoms with Crippen molar-refractivity contribution in [3.63, 3.8) is 0 Å². The molecule has 2 aromatic heterocycles. The normalized spacial score (nSPS) is 21.2. The molecule has 4 heterocycles. The number of nitrogens with zero attached hydrogens (tertiary/aromatic N) is 6. The number of hydrogen-bond donors (Lipinski definition) is 0. The van der Waals surface area contributed by atoms with Crippen molar-refractivity contribution in [2.75, 3.05) is 14.4 Å². The zero-order valence-electron chi connectivity index (χ0n) is 46.8. The molecule has 0 amide bonds. The lowest BCUT2D eigenvalue weighted by molar-refractivity contribution is 1.11. The van der Waals surface area contributed by atoms with E-state index in [1.54, 1.807) is 0 Å². The third-order valence-electron chi connectivity index (χ3n) is 7.57. The molecule has 45 heavy (non-hydrogen) atoms. The number of rotatable bonds is 3. The summed E-state index contributed by atoms with van der Waals surface area (Å²) < 4.78 is 217. The standard InChI is InChI=1S/C38H27BN6/c1-26-22-23-32-37(24-26)42-31-17-6-5-16-30(31)40-38(42)41(32)28-14-11-15-29(25-28)44-34-19-8-10-21-36(34)45-35-20-9-7-18-33(35)43(39(44)45)27-12-3-2-4-13-27/h2-25H,1H3/i2D,3D,4D,5D,6D,7D,8D,9D,10D,11D,12D,13D,14D,15D,16D,17D,18D,19D,20D,21D,22D,23D,24D,25D. The van der Waals surface area contributed by atoms with Gasteiger partial charge >= 0.3 is 7.12 Å². The van der Waals surface area contributed by atoms with Crippen molar-refractivity contribution in [2.45, 2.75) is 6.92 Å². The molecule has 10 rings (SSSR count). The van der Waals surface area contributed by atoms with Crippen molar-refractivity contribution in [1.29, 1.82) is 0 Å². The van der Waals surface area contributed by atoms with Crippen LogP contribution in [0.2, 0.25) is 0 Å². The molecule has 0 fully saturated rings. The van der Waals surface area contributed by atoms with Crippen LogP contribution in [0.25, 0.3) is 33.5 Å². The number of benzene rings is 6. The lowest BCUT2D eigenvalue weighted by atomic mass is 9.86. The smallest absolute Gasteiger partial charge is 0.344 e. The second-order valence-corrected chi connectivity index (χ2v) is 10.00. The molecule has 6 nitrogen and oxygen atoms in total. The molecule has 0 atom stereocenters. The Kier molecular flexibility index (Phi) is 2.19. The largest absolute Gasteiger partial charge is 0.519 e. The molecule has 0 aliphatic carbocycles. The molecule has 6 aromatic carbocycles. The first kappa shape index (κ1) is 10.9. The molecule has 2 aliphatic rings. The first-order chi connectivity index (χ1) is 32.3. The van der Waals surface area contributed by atoms with E-state index in [-0.39, 0.29) is 22.1 Å². The minimum atomic E-state index is -2.06. The van der Waals surface area contributed by atoms with E-state index in [9.17, 15) is 11.0 Å². The lowest BCUT2D eigenvalue weighted by Crippen LogP contribution is -2.51. The number of para-hydroxylation sites is 7. The molecular formula is C38H27BN6. The van der Waals surface area contributed by atoms with E-state index in [2.05, 4.69) is 4.98 Å². The quantitative estimate of drug-likeness (QED) is 0.189. The SMILES string of the molecule is [2H]c1c([2H])c([2H])c(N2B3N(c4c([2H])c([2H])c([2H])c(-n5c6c([2H])c([2H])c(C)c([2H])c6n6c7c([2H])c([2H])c([2H])c([2H])c7nc56)c4[2H])c4c([2H])c([2H])c([2H])c([2H])c4N3c3c([2H])c([2H])c([2H])c([2H])c32)c([2H])c1[2H]. The lowest BCUT2D eigenvalue weighted by Gasteiger charge is -2.31. The molecule has 0 bridgehead atoms. The zero-order valence-corrected chi connectivity index (χ0v) is 22.8. The van der Waals surface area contributed by atoms with E-state index in [4.69, 9.17) is 21.9 Å². The Morgan fingerprint density at radius 3 is 1.87 bits per heavy atom. The van der Waals surface area contributed by atoms with E-state index in [1.165, 1.54) is 6.92 Å². The summed E-state index contributed by atoms with van der Waals surface area (Å²) in [5.41, 5.74) is -5.89. The molecule has 0 saturated carbocycles. The van der Waals surface area contributed by atoms with Gasteiger partial charge in [0.05, 0.1) is 83.4 Å². The van der Waals surface area contributed by atoms with E-state index < -0.39 is 203 Å². The van der Waals surface area contributed by atoms with Crippen LogP contribution in [0.15, 0.2) is 145 Å². The second-order valence-electron chi connectivity index (χ2n) is 10.00. The summed E-state index contributed by atoms with van der Waals surface area (Å²) in [5.74, 6) is -0.452. The number of hydrogen-bond acceptors (Lipinski definition) is 4. The summed E-state index contributed by atoms with van der Waals surface area (Å²) in [7, 11) is -2.06. The van der Waals surface area contributed by atoms with Crippen LogP contribution >= 0.6 is 0 Å². The van der Waals surface area contributed by atoms with Crippen molar-refractivity contribution in [1.82, 2.24) is 14.0 Å². The Balaban J connectivity index is 1.42. The summed E-state index contributed by atoms with van der Waals surface area (Å²) in [5, 5.41) is 0. The molecule has 8 aromatic rings. The topological polar surface area (TPSA) is 32.0 Å². The first-order valence-corrected chi connectivity index (χ1v) is 13.4. The van der Waals surface area contributed by atoms with Crippen LogP contribution in [-0.2, 0) is 0 Å². The van der Waals surface area contributed by atoms with E-state index >= 15 is 0 Å². The van der Waals surface area contributed by atoms with Crippen LogP contribution < -0.4 is 14.4 Å². The second kappa shape index (κ2) is 9.03. The van der Waals surface area contributed by atoms with Crippen LogP contribution in [0.1, 0.15) is 38.5 Å². The van der Waals surface area contributed by atoms with Gasteiger partial charge in [0.2, 0.25) is 5.78 Å². The minimum Gasteiger partial charge on any atom is -0.344 e. The first-order valence-electron chi connectivity index (χ1n) is 25.4. The molecule has 2 aliphatic heterocycles. The van der Waals surface area contributed by atoms with E-state index in [0.717, 1.165) is 23.4 Å². The van der Waals surface area contributed by atoms with Gasteiger partial charge in [0.15, 0.2) is 0 Å². The predicted octanol–water partition coefficient (Wildman–Crippen LogP) is 9.17. The van der Waals surface area contributed by atoms with Crippen LogP contribution in [0.5, 0.6) is 0 Å². The maximum atomic E-state index is 10.1. The van der Waals surface area contributed by atoms with Crippen LogP contribution in [0.3, 0.4) is 0 Å². The molecule has 0 N–H and O–H groups in total. The number of imidazole rings is 2. The third kappa shape index (κ3) is 3.32. The van der Waals surface area contributed by atoms with Crippen molar-refractivity contribution < 1.29 is 32.9 Å². The van der Waals surface area contributed by atoms with Gasteiger partial charge in [0.1, 0.15) is 0 Å². The molecule has 0 saturated heterocycles. The van der Waals surface area contributed by atoms with Gasteiger partial charge in [-0.3, -0.25) is 8.97 Å². The van der Waals surface area contributed by atoms with Crippen molar-refractivity contribution in [2.24, 2.45) is 0 Å². The van der Waals surface area contributed by atoms with Gasteiger partial charge in [-0.1, -0.05) is 66.5 Å². The summed E-state index contributed by atoms with van der Waals surface area (Å²) in [6, 6.07) is -19.5. The van der Waals surface area contributed by atoms with Crippen LogP contribution in [0, 0.1) is 6.92 Å². The minimum absolute atomic E-state index is 0.0551. The van der Waals surface area contributed by atoms with Crippen molar-refractivity contribution in [3.05, 3.63) is 151 Å². The van der Waals surface area contributed by atoms with Gasteiger partial charge in [-0.15, -0.1) is 0 Å². The van der Waals surface area contributed by atoms with Crippen molar-refractivity contribution in [3.8, 4) is 5.69 Å². The fourth-order valence-electron chi connectivity index (χ4n) is 5.86. The maximum Gasteiger partial charge on any atom is 0.519 e. The van der Waals surface area contributed by atoms with Crippen molar-refractivity contribution >= 4 is 69.1 Å². The van der Waals surface area contributed by atoms with Gasteiger partial charge in [-0.05, 0) is 91.0 Å². The summed E-state index contributed by atoms with van der Waals surface area (Å²) in [6.07, 6.45) is 0. The van der Waals surface area contributed by atoms with Gasteiger partial charge in [-0.2, -0.15) is 0 Å². The predicted molar refractivity (Wildman–Crippen MR) is 186 cm³/mol. The Morgan fingerprint density at radius 2 is 1.11 bits per heavy atom. The molecule has 7 heteroatoms. The van der Waals surface area contributed by atoms with E-state index in [1.807, 2.05) is 0 Å². The fourth-order valence-corrected chi connectivity index (χ4v) is 5.86. The fraction of sp³-hybridized carbons (Fsp3) is 0.0263. The van der Waals surface area contributed by atoms with Crippen LogP contribution in [-0.4, -0.2) is 21.1 Å². The Hall–Kier alpha value is -5.95. The average Bonchev–Trinajstić information content (AvgIpc) is 4.06. The highest BCUT2D eigenvalue weighted by atomic mass is 15.4. The van der Waals surface area contributed by atoms with Gasteiger partial charge in [0.25, 0.3) is 0 Å².